The third kappa shape index (κ3) is 2.88. The first-order valence-electron chi connectivity index (χ1n) is 4.03. The molecular formula is C9H14N2O. The molecule has 0 fully saturated rings. The number of anilines is 1. The van der Waals surface area contributed by atoms with E-state index in [4.69, 9.17) is 5.11 Å². The van der Waals surface area contributed by atoms with Crippen LogP contribution in [-0.4, -0.2) is 22.7 Å². The first kappa shape index (κ1) is 9.00. The fourth-order valence-electron chi connectivity index (χ4n) is 0.825. The van der Waals surface area contributed by atoms with E-state index in [9.17, 15) is 0 Å². The highest BCUT2D eigenvalue weighted by molar-refractivity contribution is 5.35. The van der Waals surface area contributed by atoms with Crippen molar-refractivity contribution in [3.63, 3.8) is 0 Å². The van der Waals surface area contributed by atoms with Gasteiger partial charge in [0.05, 0.1) is 6.10 Å². The second kappa shape index (κ2) is 4.07. The van der Waals surface area contributed by atoms with Crippen molar-refractivity contribution in [2.45, 2.75) is 20.0 Å². The molecule has 3 nitrogen and oxygen atoms in total. The Hall–Kier alpha value is -1.09. The standard InChI is InChI=1S/C9H14N2O/c1-7-3-4-9(10-5-7)11-6-8(2)12/h3-5,8,12H,6H2,1-2H3,(H,10,11)/t8-/m0/s1. The molecule has 0 aliphatic carbocycles. The van der Waals surface area contributed by atoms with Crippen molar-refractivity contribution in [3.8, 4) is 0 Å². The summed E-state index contributed by atoms with van der Waals surface area (Å²) >= 11 is 0. The molecule has 0 aliphatic rings. The number of rotatable bonds is 3. The van der Waals surface area contributed by atoms with Crippen molar-refractivity contribution in [2.24, 2.45) is 0 Å². The Morgan fingerprint density at radius 2 is 2.33 bits per heavy atom. The van der Waals surface area contributed by atoms with Crippen molar-refractivity contribution in [3.05, 3.63) is 23.9 Å². The van der Waals surface area contributed by atoms with Crippen molar-refractivity contribution < 1.29 is 5.11 Å². The maximum Gasteiger partial charge on any atom is 0.125 e. The molecule has 0 bridgehead atoms. The average molecular weight is 166 g/mol. The summed E-state index contributed by atoms with van der Waals surface area (Å²) in [6.07, 6.45) is 1.46. The summed E-state index contributed by atoms with van der Waals surface area (Å²) in [5.74, 6) is 0.807. The molecule has 1 heterocycles. The largest absolute Gasteiger partial charge is 0.392 e. The Kier molecular flexibility index (Phi) is 3.05. The van der Waals surface area contributed by atoms with Gasteiger partial charge in [-0.15, -0.1) is 0 Å². The van der Waals surface area contributed by atoms with Gasteiger partial charge in [-0.1, -0.05) is 6.07 Å². The monoisotopic (exact) mass is 166 g/mol. The number of pyridine rings is 1. The summed E-state index contributed by atoms with van der Waals surface area (Å²) in [5, 5.41) is 12.0. The average Bonchev–Trinajstić information content (AvgIpc) is 2.03. The minimum atomic E-state index is -0.340. The van der Waals surface area contributed by atoms with Crippen molar-refractivity contribution >= 4 is 5.82 Å². The summed E-state index contributed by atoms with van der Waals surface area (Å²) in [5.41, 5.74) is 1.14. The van der Waals surface area contributed by atoms with E-state index in [1.54, 1.807) is 13.1 Å². The second-order valence-electron chi connectivity index (χ2n) is 2.95. The lowest BCUT2D eigenvalue weighted by molar-refractivity contribution is 0.208. The number of aryl methyl sites for hydroxylation is 1. The molecule has 0 spiro atoms. The van der Waals surface area contributed by atoms with E-state index in [1.165, 1.54) is 0 Å². The SMILES string of the molecule is Cc1ccc(NC[C@H](C)O)nc1. The predicted molar refractivity (Wildman–Crippen MR) is 49.1 cm³/mol. The quantitative estimate of drug-likeness (QED) is 0.708. The van der Waals surface area contributed by atoms with E-state index in [0.29, 0.717) is 6.54 Å². The van der Waals surface area contributed by atoms with Gasteiger partial charge in [-0.3, -0.25) is 0 Å². The molecule has 0 saturated heterocycles. The molecule has 66 valence electrons. The number of nitrogens with zero attached hydrogens (tertiary/aromatic N) is 1. The van der Waals surface area contributed by atoms with Crippen molar-refractivity contribution in [1.82, 2.24) is 4.98 Å². The maximum absolute atomic E-state index is 8.98. The molecule has 2 N–H and O–H groups in total. The molecule has 1 aromatic heterocycles. The highest BCUT2D eigenvalue weighted by Gasteiger charge is 1.95. The molecule has 0 aliphatic heterocycles. The van der Waals surface area contributed by atoms with E-state index in [1.807, 2.05) is 19.1 Å². The minimum Gasteiger partial charge on any atom is -0.392 e. The summed E-state index contributed by atoms with van der Waals surface area (Å²) in [4.78, 5) is 4.13. The van der Waals surface area contributed by atoms with Gasteiger partial charge in [0.15, 0.2) is 0 Å². The number of hydrogen-bond acceptors (Lipinski definition) is 3. The fraction of sp³-hybridized carbons (Fsp3) is 0.444. The lowest BCUT2D eigenvalue weighted by Gasteiger charge is -2.06. The lowest BCUT2D eigenvalue weighted by Crippen LogP contribution is -2.15. The Labute approximate surface area is 72.5 Å². The molecule has 0 aromatic carbocycles. The predicted octanol–water partition coefficient (Wildman–Crippen LogP) is 1.18. The van der Waals surface area contributed by atoms with Crippen LogP contribution in [0.4, 0.5) is 5.82 Å². The summed E-state index contributed by atoms with van der Waals surface area (Å²) in [7, 11) is 0. The van der Waals surface area contributed by atoms with Gasteiger partial charge in [0.2, 0.25) is 0 Å². The van der Waals surface area contributed by atoms with E-state index in [2.05, 4.69) is 10.3 Å². The van der Waals surface area contributed by atoms with Crippen LogP contribution in [0.3, 0.4) is 0 Å². The van der Waals surface area contributed by atoms with Gasteiger partial charge in [0.1, 0.15) is 5.82 Å². The molecular weight excluding hydrogens is 152 g/mol. The van der Waals surface area contributed by atoms with Crippen LogP contribution in [0.2, 0.25) is 0 Å². The summed E-state index contributed by atoms with van der Waals surface area (Å²) < 4.78 is 0. The second-order valence-corrected chi connectivity index (χ2v) is 2.95. The van der Waals surface area contributed by atoms with Gasteiger partial charge < -0.3 is 10.4 Å². The van der Waals surface area contributed by atoms with Crippen molar-refractivity contribution in [1.29, 1.82) is 0 Å². The van der Waals surface area contributed by atoms with Crippen LogP contribution in [0.15, 0.2) is 18.3 Å². The normalized spacial score (nSPS) is 12.6. The Morgan fingerprint density at radius 1 is 1.58 bits per heavy atom. The van der Waals surface area contributed by atoms with Crippen LogP contribution in [-0.2, 0) is 0 Å². The number of aromatic nitrogens is 1. The molecule has 0 radical (unpaired) electrons. The topological polar surface area (TPSA) is 45.1 Å². The minimum absolute atomic E-state index is 0.340. The zero-order valence-corrected chi connectivity index (χ0v) is 7.41. The van der Waals surface area contributed by atoms with Gasteiger partial charge in [0, 0.05) is 12.7 Å². The summed E-state index contributed by atoms with van der Waals surface area (Å²) in [6, 6.07) is 3.88. The van der Waals surface area contributed by atoms with Gasteiger partial charge in [-0.25, -0.2) is 4.98 Å². The van der Waals surface area contributed by atoms with Gasteiger partial charge >= 0.3 is 0 Å². The number of aliphatic hydroxyl groups excluding tert-OH is 1. The molecule has 0 unspecified atom stereocenters. The van der Waals surface area contributed by atoms with Crippen LogP contribution in [0.5, 0.6) is 0 Å². The Bertz CT molecular complexity index is 231. The molecule has 1 atom stereocenters. The highest BCUT2D eigenvalue weighted by atomic mass is 16.3. The van der Waals surface area contributed by atoms with Crippen molar-refractivity contribution in [2.75, 3.05) is 11.9 Å². The molecule has 1 rings (SSSR count). The Morgan fingerprint density at radius 3 is 2.83 bits per heavy atom. The summed E-state index contributed by atoms with van der Waals surface area (Å²) in [6.45, 7) is 4.27. The third-order valence-corrected chi connectivity index (χ3v) is 1.49. The molecule has 12 heavy (non-hydrogen) atoms. The van der Waals surface area contributed by atoms with E-state index >= 15 is 0 Å². The highest BCUT2D eigenvalue weighted by Crippen LogP contribution is 2.03. The first-order chi connectivity index (χ1) is 5.68. The van der Waals surface area contributed by atoms with Crippen LogP contribution >= 0.6 is 0 Å². The van der Waals surface area contributed by atoms with Gasteiger partial charge in [-0.05, 0) is 25.5 Å². The zero-order chi connectivity index (χ0) is 8.97. The lowest BCUT2D eigenvalue weighted by atomic mass is 10.3. The van der Waals surface area contributed by atoms with Crippen LogP contribution in [0, 0.1) is 6.92 Å². The first-order valence-corrected chi connectivity index (χ1v) is 4.03. The van der Waals surface area contributed by atoms with E-state index in [-0.39, 0.29) is 6.10 Å². The fourth-order valence-corrected chi connectivity index (χ4v) is 0.825. The third-order valence-electron chi connectivity index (χ3n) is 1.49. The van der Waals surface area contributed by atoms with Crippen LogP contribution < -0.4 is 5.32 Å². The van der Waals surface area contributed by atoms with E-state index < -0.39 is 0 Å². The van der Waals surface area contributed by atoms with E-state index in [0.717, 1.165) is 11.4 Å². The number of hydrogen-bond donors (Lipinski definition) is 2. The van der Waals surface area contributed by atoms with Gasteiger partial charge in [0.25, 0.3) is 0 Å². The number of aliphatic hydroxyl groups is 1. The van der Waals surface area contributed by atoms with Gasteiger partial charge in [-0.2, -0.15) is 0 Å². The molecule has 0 saturated carbocycles. The maximum atomic E-state index is 8.98. The molecule has 1 aromatic rings. The smallest absolute Gasteiger partial charge is 0.125 e. The van der Waals surface area contributed by atoms with Crippen LogP contribution in [0.25, 0.3) is 0 Å². The molecule has 3 heteroatoms. The van der Waals surface area contributed by atoms with Crippen LogP contribution in [0.1, 0.15) is 12.5 Å². The molecule has 0 amide bonds. The zero-order valence-electron chi connectivity index (χ0n) is 7.41. The Balaban J connectivity index is 2.48. The number of nitrogens with one attached hydrogen (secondary N) is 1.